The molecule has 1 aliphatic heterocycles. The van der Waals surface area contributed by atoms with E-state index in [1.165, 1.54) is 25.1 Å². The molecule has 1 saturated heterocycles. The summed E-state index contributed by atoms with van der Waals surface area (Å²) in [6, 6.07) is 10.1. The van der Waals surface area contributed by atoms with E-state index in [0.717, 1.165) is 6.92 Å². The van der Waals surface area contributed by atoms with Crippen molar-refractivity contribution in [3.05, 3.63) is 70.4 Å². The van der Waals surface area contributed by atoms with Crippen molar-refractivity contribution in [3.8, 4) is 6.07 Å². The summed E-state index contributed by atoms with van der Waals surface area (Å²) >= 11 is 0. The Hall–Kier alpha value is -3.57. The van der Waals surface area contributed by atoms with Gasteiger partial charge in [-0.3, -0.25) is 0 Å². The van der Waals surface area contributed by atoms with Crippen molar-refractivity contribution in [3.63, 3.8) is 0 Å². The minimum absolute atomic E-state index is 0.0216. The molecule has 2 heterocycles. The van der Waals surface area contributed by atoms with Gasteiger partial charge in [-0.25, -0.2) is 9.37 Å². The van der Waals surface area contributed by atoms with Gasteiger partial charge in [0.05, 0.1) is 5.52 Å². The maximum Gasteiger partial charge on any atom is 0.457 e. The maximum absolute atomic E-state index is 15.1. The normalized spacial score (nSPS) is 17.1. The number of anilines is 1. The van der Waals surface area contributed by atoms with Crippen LogP contribution in [0.2, 0.25) is 0 Å². The Balaban J connectivity index is 1.78. The third kappa shape index (κ3) is 4.19. The second-order valence-electron chi connectivity index (χ2n) is 8.53. The minimum Gasteiger partial charge on any atom is -0.326 e. The number of halogens is 9. The highest BCUT2D eigenvalue weighted by Gasteiger charge is 2.81. The van der Waals surface area contributed by atoms with Gasteiger partial charge < -0.3 is 5.32 Å². The van der Waals surface area contributed by atoms with Crippen LogP contribution in [0.1, 0.15) is 34.9 Å². The number of hydrogen-bond donors (Lipinski definition) is 1. The molecule has 14 heteroatoms. The Bertz CT molecular complexity index is 1440. The number of benzene rings is 2. The number of pyridine rings is 1. The van der Waals surface area contributed by atoms with Crippen molar-refractivity contribution >= 4 is 16.6 Å². The number of nitrogens with zero attached hydrogens (tertiary/aromatic N) is 2. The number of rotatable bonds is 6. The lowest BCUT2D eigenvalue weighted by Crippen LogP contribution is -2.59. The molecule has 0 amide bonds. The molecule has 1 aromatic heterocycles. The third-order valence-corrected chi connectivity index (χ3v) is 6.10. The zero-order chi connectivity index (χ0) is 28.3. The van der Waals surface area contributed by atoms with E-state index in [1.807, 2.05) is 6.07 Å². The van der Waals surface area contributed by atoms with Crippen molar-refractivity contribution in [1.29, 1.82) is 5.26 Å². The Labute approximate surface area is 208 Å². The van der Waals surface area contributed by atoms with E-state index in [2.05, 4.69) is 10.3 Å². The van der Waals surface area contributed by atoms with E-state index in [0.29, 0.717) is 22.5 Å². The molecular weight excluding hydrogens is 533 g/mol. The van der Waals surface area contributed by atoms with Gasteiger partial charge in [-0.2, -0.15) is 50.2 Å². The summed E-state index contributed by atoms with van der Waals surface area (Å²) in [5.41, 5.74) is -7.50. The van der Waals surface area contributed by atoms with E-state index in [9.17, 15) is 35.1 Å². The largest absolute Gasteiger partial charge is 0.457 e. The standard InChI is InChI=1S/C24H16F9N3O2/c1-3-13-9-16(20(25,23(28,29)30)22(26,27)24(31,32)33)8-12(2)19(13)36-21(37-38-21)15-5-7-18-14(10-15)4-6-17(11-34)35-18/h4-10,36H,3H2,1-2H3. The first-order valence-electron chi connectivity index (χ1n) is 10.8. The summed E-state index contributed by atoms with van der Waals surface area (Å²) in [4.78, 5) is 14.3. The number of hydrogen-bond acceptors (Lipinski definition) is 5. The smallest absolute Gasteiger partial charge is 0.326 e. The van der Waals surface area contributed by atoms with E-state index in [4.69, 9.17) is 15.0 Å². The molecule has 1 N–H and O–H groups in total. The number of nitriles is 1. The fraction of sp³-hybridized carbons (Fsp3) is 0.333. The molecule has 202 valence electrons. The average Bonchev–Trinajstić information content (AvgIpc) is 3.63. The highest BCUT2D eigenvalue weighted by atomic mass is 19.4. The van der Waals surface area contributed by atoms with Gasteiger partial charge in [-0.05, 0) is 60.9 Å². The highest BCUT2D eigenvalue weighted by Crippen LogP contribution is 2.58. The summed E-state index contributed by atoms with van der Waals surface area (Å²) in [6.45, 7) is 2.49. The zero-order valence-electron chi connectivity index (χ0n) is 19.4. The minimum atomic E-state index is -6.83. The third-order valence-electron chi connectivity index (χ3n) is 6.10. The van der Waals surface area contributed by atoms with Crippen molar-refractivity contribution in [2.24, 2.45) is 0 Å². The molecule has 1 atom stereocenters. The van der Waals surface area contributed by atoms with Gasteiger partial charge in [0.1, 0.15) is 11.8 Å². The summed E-state index contributed by atoms with van der Waals surface area (Å²) in [5, 5.41) is 12.3. The predicted octanol–water partition coefficient (Wildman–Crippen LogP) is 7.09. The van der Waals surface area contributed by atoms with Crippen LogP contribution in [0.4, 0.5) is 45.2 Å². The number of alkyl halides is 9. The van der Waals surface area contributed by atoms with Crippen LogP contribution < -0.4 is 5.32 Å². The first kappa shape index (κ1) is 27.5. The molecule has 1 unspecified atom stereocenters. The van der Waals surface area contributed by atoms with Crippen LogP contribution in [0.15, 0.2) is 42.5 Å². The first-order chi connectivity index (χ1) is 17.5. The van der Waals surface area contributed by atoms with Gasteiger partial charge >= 0.3 is 29.9 Å². The van der Waals surface area contributed by atoms with Gasteiger partial charge in [0.15, 0.2) is 0 Å². The van der Waals surface area contributed by atoms with Crippen LogP contribution in [0.3, 0.4) is 0 Å². The maximum atomic E-state index is 15.1. The van der Waals surface area contributed by atoms with E-state index < -0.39 is 35.4 Å². The highest BCUT2D eigenvalue weighted by molar-refractivity contribution is 5.80. The number of nitrogens with one attached hydrogen (secondary N) is 1. The molecule has 0 radical (unpaired) electrons. The molecule has 0 aliphatic carbocycles. The SMILES string of the molecule is CCc1cc(C(F)(C(F)(F)F)C(F)(F)C(F)(F)F)cc(C)c1NC1(c2ccc3nc(C#N)ccc3c2)OO1. The predicted molar refractivity (Wildman–Crippen MR) is 114 cm³/mol. The Morgan fingerprint density at radius 2 is 1.58 bits per heavy atom. The van der Waals surface area contributed by atoms with Crippen molar-refractivity contribution in [2.45, 2.75) is 50.1 Å². The topological polar surface area (TPSA) is 73.8 Å². The van der Waals surface area contributed by atoms with E-state index >= 15 is 4.39 Å². The lowest BCUT2D eigenvalue weighted by Gasteiger charge is -2.36. The Morgan fingerprint density at radius 1 is 0.921 bits per heavy atom. The molecule has 0 saturated carbocycles. The molecule has 1 aliphatic rings. The van der Waals surface area contributed by atoms with E-state index in [1.54, 1.807) is 12.1 Å². The second kappa shape index (κ2) is 8.74. The quantitative estimate of drug-likeness (QED) is 0.202. The molecule has 38 heavy (non-hydrogen) atoms. The molecule has 3 aromatic rings. The van der Waals surface area contributed by atoms with Crippen molar-refractivity contribution in [2.75, 3.05) is 5.32 Å². The van der Waals surface area contributed by atoms with Crippen molar-refractivity contribution in [1.82, 2.24) is 4.98 Å². The van der Waals surface area contributed by atoms with Crippen molar-refractivity contribution < 1.29 is 49.3 Å². The number of aryl methyl sites for hydroxylation is 2. The molecule has 4 rings (SSSR count). The monoisotopic (exact) mass is 549 g/mol. The summed E-state index contributed by atoms with van der Waals surface area (Å²) in [6.07, 6.45) is -13.6. The van der Waals surface area contributed by atoms with Crippen LogP contribution in [-0.4, -0.2) is 23.3 Å². The zero-order valence-corrected chi connectivity index (χ0v) is 19.4. The summed E-state index contributed by atoms with van der Waals surface area (Å²) in [5.74, 6) is -8.47. The van der Waals surface area contributed by atoms with Crippen LogP contribution >= 0.6 is 0 Å². The molecule has 5 nitrogen and oxygen atoms in total. The lowest BCUT2D eigenvalue weighted by molar-refractivity contribution is -0.389. The Morgan fingerprint density at radius 3 is 2.11 bits per heavy atom. The van der Waals surface area contributed by atoms with Gasteiger partial charge in [0.2, 0.25) is 0 Å². The number of fused-ring (bicyclic) bond motifs is 1. The molecule has 2 aromatic carbocycles. The van der Waals surface area contributed by atoms with Gasteiger partial charge in [0.25, 0.3) is 0 Å². The van der Waals surface area contributed by atoms with Crippen LogP contribution in [0, 0.1) is 18.3 Å². The van der Waals surface area contributed by atoms with Crippen LogP contribution in [-0.2, 0) is 27.8 Å². The summed E-state index contributed by atoms with van der Waals surface area (Å²) in [7, 11) is 0. The first-order valence-corrected chi connectivity index (χ1v) is 10.8. The van der Waals surface area contributed by atoms with Gasteiger partial charge in [-0.15, -0.1) is 0 Å². The fourth-order valence-electron chi connectivity index (χ4n) is 4.04. The van der Waals surface area contributed by atoms with Gasteiger partial charge in [0, 0.05) is 22.2 Å². The summed E-state index contributed by atoms with van der Waals surface area (Å²) < 4.78 is 122. The molecule has 0 spiro atoms. The van der Waals surface area contributed by atoms with Crippen LogP contribution in [0.5, 0.6) is 0 Å². The average molecular weight is 549 g/mol. The molecular formula is C24H16F9N3O2. The Kier molecular flexibility index (Phi) is 6.32. The van der Waals surface area contributed by atoms with Crippen LogP contribution in [0.25, 0.3) is 10.9 Å². The fourth-order valence-corrected chi connectivity index (χ4v) is 4.04. The number of aromatic nitrogens is 1. The molecule has 1 fully saturated rings. The lowest BCUT2D eigenvalue weighted by atomic mass is 9.85. The van der Waals surface area contributed by atoms with E-state index in [-0.39, 0.29) is 35.0 Å². The van der Waals surface area contributed by atoms with Gasteiger partial charge in [-0.1, -0.05) is 13.0 Å². The molecule has 0 bridgehead atoms. The second-order valence-corrected chi connectivity index (χ2v) is 8.53.